The fraction of sp³-hybridized carbons (Fsp3) is 0.538. The quantitative estimate of drug-likeness (QED) is 0.479. The first kappa shape index (κ1) is 24.9. The van der Waals surface area contributed by atoms with E-state index in [2.05, 4.69) is 20.3 Å². The summed E-state index contributed by atoms with van der Waals surface area (Å²) in [7, 11) is 1.35. The van der Waals surface area contributed by atoms with E-state index in [0.717, 1.165) is 0 Å². The smallest absolute Gasteiger partial charge is 0.409 e. The highest BCUT2D eigenvalue weighted by molar-refractivity contribution is 6.33. The van der Waals surface area contributed by atoms with Gasteiger partial charge in [-0.05, 0) is 38.8 Å². The Labute approximate surface area is 230 Å². The molecule has 2 N–H and O–H groups in total. The zero-order chi connectivity index (χ0) is 28.3. The Kier molecular flexibility index (Phi) is 6.50. The Morgan fingerprint density at radius 3 is 2.97 bits per heavy atom. The Morgan fingerprint density at radius 2 is 2.21 bits per heavy atom. The number of aromatic nitrogens is 4. The van der Waals surface area contributed by atoms with Crippen molar-refractivity contribution in [2.24, 2.45) is 0 Å². The van der Waals surface area contributed by atoms with Crippen LogP contribution in [0, 0.1) is 5.82 Å². The molecule has 2 bridgehead atoms. The molecule has 6 atom stereocenters. The van der Waals surface area contributed by atoms with Crippen LogP contribution in [0.2, 0.25) is 5.02 Å². The number of benzene rings is 1. The van der Waals surface area contributed by atoms with Crippen molar-refractivity contribution in [2.45, 2.75) is 63.2 Å². The van der Waals surface area contributed by atoms with Crippen molar-refractivity contribution in [3.05, 3.63) is 35.0 Å². The van der Waals surface area contributed by atoms with Crippen LogP contribution in [0.15, 0.2) is 18.3 Å². The van der Waals surface area contributed by atoms with E-state index in [1.54, 1.807) is 11.0 Å². The second-order valence-corrected chi connectivity index (χ2v) is 10.7. The number of rotatable bonds is 5. The highest BCUT2D eigenvalue weighted by atomic mass is 35.5. The molecule has 3 fully saturated rings. The zero-order valence-corrected chi connectivity index (χ0v) is 22.4. The third-order valence-electron chi connectivity index (χ3n) is 7.39. The lowest BCUT2D eigenvalue weighted by molar-refractivity contribution is -0.156. The van der Waals surface area contributed by atoms with Crippen LogP contribution in [0.25, 0.3) is 22.3 Å². The summed E-state index contributed by atoms with van der Waals surface area (Å²) in [6.07, 6.45) is -1.51. The normalized spacial score (nSPS) is 28.8. The second kappa shape index (κ2) is 10.2. The summed E-state index contributed by atoms with van der Waals surface area (Å²) < 4.78 is 41.8. The highest BCUT2D eigenvalue weighted by Crippen LogP contribution is 2.36. The number of carbonyl (C=O) groups excluding carboxylic acids is 1. The molecule has 0 unspecified atom stereocenters. The standard InChI is InChI=1S/C26H30ClFN6O5/c1-12(2)34-19-7-14(6-17(28)21(19)31-23(34)13-4-5-33(10-13)26(36)37-3)20-16(27)9-29-25(32-20)30-18-8-15-11-38-24(39-15)22(18)35/h6-7,9,12-13,15,18,22,24,35H,4-5,8,10-11H2,1-3H3,(H,29,30,32)/t13-,15+,18-,22+,24-/m1/s1/i8D/t8-,13+,15-,18+,22-,24+/m0. The average Bonchev–Trinajstić information content (AvgIpc) is 3.68. The Hall–Kier alpha value is -3.06. The third-order valence-corrected chi connectivity index (χ3v) is 7.67. The topological polar surface area (TPSA) is 124 Å². The van der Waals surface area contributed by atoms with Gasteiger partial charge in [-0.15, -0.1) is 0 Å². The predicted molar refractivity (Wildman–Crippen MR) is 140 cm³/mol. The van der Waals surface area contributed by atoms with Gasteiger partial charge in [0.05, 0.1) is 48.3 Å². The van der Waals surface area contributed by atoms with Gasteiger partial charge in [0.1, 0.15) is 17.4 Å². The van der Waals surface area contributed by atoms with Gasteiger partial charge >= 0.3 is 6.09 Å². The van der Waals surface area contributed by atoms with Crippen molar-refractivity contribution in [1.82, 2.24) is 24.4 Å². The number of likely N-dealkylation sites (tertiary alicyclic amines) is 1. The van der Waals surface area contributed by atoms with Crippen molar-refractivity contribution in [3.63, 3.8) is 0 Å². The summed E-state index contributed by atoms with van der Waals surface area (Å²) in [6, 6.07) is 2.36. The number of anilines is 1. The number of nitrogens with zero attached hydrogens (tertiary/aromatic N) is 5. The van der Waals surface area contributed by atoms with Gasteiger partial charge < -0.3 is 34.1 Å². The molecule has 3 saturated heterocycles. The first-order chi connectivity index (χ1) is 19.2. The summed E-state index contributed by atoms with van der Waals surface area (Å²) in [6.45, 7) is 5.19. The van der Waals surface area contributed by atoms with E-state index in [-0.39, 0.29) is 40.7 Å². The van der Waals surface area contributed by atoms with Crippen LogP contribution >= 0.6 is 11.6 Å². The van der Waals surface area contributed by atoms with Crippen molar-refractivity contribution in [3.8, 4) is 11.3 Å². The predicted octanol–water partition coefficient (Wildman–Crippen LogP) is 3.71. The number of halogens is 2. The van der Waals surface area contributed by atoms with E-state index < -0.39 is 42.8 Å². The SMILES string of the molecule is [2H][C@@H]1[C@@H](Nc2ncc(Cl)c(-c3cc(F)c4nc([C@@H]5CCN(C(=O)OC)C5)n(C(C)C)c4c3)n2)[C@H](O)[C@@H]2OC[C@H]1O2. The van der Waals surface area contributed by atoms with Gasteiger partial charge in [-0.25, -0.2) is 24.1 Å². The van der Waals surface area contributed by atoms with E-state index in [1.807, 2.05) is 18.4 Å². The van der Waals surface area contributed by atoms with Gasteiger partial charge in [0.2, 0.25) is 5.95 Å². The molecule has 0 spiro atoms. The van der Waals surface area contributed by atoms with Crippen LogP contribution in [0.4, 0.5) is 15.1 Å². The minimum absolute atomic E-state index is 0.0403. The van der Waals surface area contributed by atoms with Crippen molar-refractivity contribution in [1.29, 1.82) is 0 Å². The number of hydrogen-bond acceptors (Lipinski definition) is 9. The van der Waals surface area contributed by atoms with Crippen LogP contribution in [0.5, 0.6) is 0 Å². The van der Waals surface area contributed by atoms with Crippen molar-refractivity contribution >= 4 is 34.7 Å². The van der Waals surface area contributed by atoms with Crippen LogP contribution in [0.3, 0.4) is 0 Å². The van der Waals surface area contributed by atoms with E-state index in [1.165, 1.54) is 19.4 Å². The lowest BCUT2D eigenvalue weighted by Crippen LogP contribution is -2.48. The molecular weight excluding hydrogens is 531 g/mol. The van der Waals surface area contributed by atoms with Crippen molar-refractivity contribution in [2.75, 3.05) is 32.1 Å². The first-order valence-corrected chi connectivity index (χ1v) is 13.2. The minimum atomic E-state index is -1.10. The van der Waals surface area contributed by atoms with Gasteiger partial charge in [-0.3, -0.25) is 0 Å². The molecule has 0 radical (unpaired) electrons. The Morgan fingerprint density at radius 1 is 1.38 bits per heavy atom. The van der Waals surface area contributed by atoms with Crippen LogP contribution in [0.1, 0.15) is 45.8 Å². The van der Waals surface area contributed by atoms with Gasteiger partial charge in [-0.2, -0.15) is 0 Å². The highest BCUT2D eigenvalue weighted by Gasteiger charge is 2.43. The molecule has 3 aliphatic rings. The maximum absolute atomic E-state index is 15.6. The number of aliphatic hydroxyl groups is 1. The Bertz CT molecular complexity index is 1440. The largest absolute Gasteiger partial charge is 0.453 e. The van der Waals surface area contributed by atoms with Gasteiger partial charge in [0.25, 0.3) is 0 Å². The molecule has 1 amide bonds. The fourth-order valence-electron chi connectivity index (χ4n) is 5.56. The number of nitrogens with one attached hydrogen (secondary N) is 1. The zero-order valence-electron chi connectivity index (χ0n) is 22.7. The lowest BCUT2D eigenvalue weighted by Gasteiger charge is -2.32. The average molecular weight is 562 g/mol. The van der Waals surface area contributed by atoms with Gasteiger partial charge in [-0.1, -0.05) is 11.6 Å². The maximum atomic E-state index is 15.6. The lowest BCUT2D eigenvalue weighted by atomic mass is 10.0. The van der Waals surface area contributed by atoms with Gasteiger partial charge in [0, 0.05) is 32.0 Å². The summed E-state index contributed by atoms with van der Waals surface area (Å²) in [5, 5.41) is 13.9. The molecule has 0 aliphatic carbocycles. The number of amides is 1. The summed E-state index contributed by atoms with van der Waals surface area (Å²) in [4.78, 5) is 27.1. The van der Waals surface area contributed by atoms with Crippen LogP contribution < -0.4 is 5.32 Å². The molecule has 6 rings (SSSR count). The van der Waals surface area contributed by atoms with Crippen LogP contribution in [-0.4, -0.2) is 87.0 Å². The summed E-state index contributed by atoms with van der Waals surface area (Å²) in [5.74, 6) is 0.239. The number of ether oxygens (including phenoxy) is 3. The molecular formula is C26H30ClFN6O5. The van der Waals surface area contributed by atoms with Crippen molar-refractivity contribution < 1.29 is 29.9 Å². The number of carbonyl (C=O) groups is 1. The van der Waals surface area contributed by atoms with E-state index >= 15 is 4.39 Å². The monoisotopic (exact) mass is 561 g/mol. The fourth-order valence-corrected chi connectivity index (χ4v) is 5.76. The molecule has 1 aromatic carbocycles. The summed E-state index contributed by atoms with van der Waals surface area (Å²) in [5.41, 5.74) is 1.53. The molecule has 0 saturated carbocycles. The number of aliphatic hydroxyl groups excluding tert-OH is 1. The molecule has 3 aliphatic heterocycles. The first-order valence-electron chi connectivity index (χ1n) is 13.4. The molecule has 13 heteroatoms. The number of fused-ring (bicyclic) bond motifs is 3. The second-order valence-electron chi connectivity index (χ2n) is 10.3. The molecule has 39 heavy (non-hydrogen) atoms. The van der Waals surface area contributed by atoms with Crippen LogP contribution in [-0.2, 0) is 14.2 Å². The molecule has 11 nitrogen and oxygen atoms in total. The molecule has 3 aromatic rings. The Balaban J connectivity index is 1.35. The van der Waals surface area contributed by atoms with E-state index in [9.17, 15) is 9.90 Å². The molecule has 5 heterocycles. The molecule has 208 valence electrons. The minimum Gasteiger partial charge on any atom is -0.453 e. The molecule has 2 aromatic heterocycles. The maximum Gasteiger partial charge on any atom is 0.409 e. The number of methoxy groups -OCH3 is 1. The van der Waals surface area contributed by atoms with Gasteiger partial charge in [0.15, 0.2) is 12.1 Å². The summed E-state index contributed by atoms with van der Waals surface area (Å²) >= 11 is 6.49. The van der Waals surface area contributed by atoms with E-state index in [4.69, 9.17) is 27.2 Å². The number of hydrogen-bond donors (Lipinski definition) is 2. The number of imidazole rings is 1. The van der Waals surface area contributed by atoms with E-state index in [0.29, 0.717) is 36.4 Å². The third kappa shape index (κ3) is 4.69.